The van der Waals surface area contributed by atoms with Crippen molar-refractivity contribution in [2.45, 2.75) is 82.4 Å². The summed E-state index contributed by atoms with van der Waals surface area (Å²) in [6.07, 6.45) is 1.89. The Kier molecular flexibility index (Phi) is 15.8. The largest absolute Gasteiger partial charge is 0.491 e. The normalized spacial score (nSPS) is 21.5. The highest BCUT2D eigenvalue weighted by molar-refractivity contribution is 5.84. The standard InChI is InChI=1S/C30H41F3N2O10/c1-20(29(40)43-15-6-7-16-45-35(41)42)34-28(39)12-5-3-2-4-11-24-25(27(38)18-26(24)37)14-13-22(36)19-44-23-10-8-9-21(17-23)30(31,32)33/h2,4,8-10,13-14,17,20,22,24-27,36-38H,3,5-7,11-12,15-16,18-19H2,1H3,(H,34,39)/b4-2-,14-13+/t20?,22-,24-,25-,26+,27-/m1/s1. The summed E-state index contributed by atoms with van der Waals surface area (Å²) < 4.78 is 48.9. The molecule has 252 valence electrons. The molecule has 6 atom stereocenters. The molecule has 2 rings (SSSR count). The molecule has 0 radical (unpaired) electrons. The van der Waals surface area contributed by atoms with Crippen LogP contribution in [0.3, 0.4) is 0 Å². The number of unbranched alkanes of at least 4 members (excludes halogenated alkanes) is 2. The number of allylic oxidation sites excluding steroid dienone is 2. The van der Waals surface area contributed by atoms with Crippen molar-refractivity contribution in [3.8, 4) is 5.75 Å². The van der Waals surface area contributed by atoms with E-state index in [0.29, 0.717) is 32.1 Å². The number of rotatable bonds is 19. The van der Waals surface area contributed by atoms with E-state index in [0.717, 1.165) is 12.1 Å². The Hall–Kier alpha value is -3.69. The lowest BCUT2D eigenvalue weighted by atomic mass is 9.89. The highest BCUT2D eigenvalue weighted by atomic mass is 19.4. The quantitative estimate of drug-likeness (QED) is 0.0572. The Balaban J connectivity index is 1.69. The van der Waals surface area contributed by atoms with Crippen molar-refractivity contribution in [3.63, 3.8) is 0 Å². The van der Waals surface area contributed by atoms with E-state index in [-0.39, 0.29) is 50.2 Å². The molecule has 0 saturated heterocycles. The zero-order valence-electron chi connectivity index (χ0n) is 24.9. The number of aliphatic hydroxyl groups excluding tert-OH is 3. The van der Waals surface area contributed by atoms with Crippen molar-refractivity contribution in [2.75, 3.05) is 19.8 Å². The third-order valence-corrected chi connectivity index (χ3v) is 7.11. The van der Waals surface area contributed by atoms with E-state index in [1.807, 2.05) is 12.2 Å². The predicted octanol–water partition coefficient (Wildman–Crippen LogP) is 3.51. The summed E-state index contributed by atoms with van der Waals surface area (Å²) in [6.45, 7) is 1.14. The summed E-state index contributed by atoms with van der Waals surface area (Å²) >= 11 is 0. The summed E-state index contributed by atoms with van der Waals surface area (Å²) in [5, 5.41) is 42.8. The maximum atomic E-state index is 12.9. The van der Waals surface area contributed by atoms with Gasteiger partial charge in [0.2, 0.25) is 5.91 Å². The van der Waals surface area contributed by atoms with Crippen LogP contribution in [0.1, 0.15) is 57.4 Å². The van der Waals surface area contributed by atoms with E-state index in [2.05, 4.69) is 10.2 Å². The summed E-state index contributed by atoms with van der Waals surface area (Å²) in [5.41, 5.74) is -0.866. The van der Waals surface area contributed by atoms with Gasteiger partial charge in [-0.3, -0.25) is 4.79 Å². The monoisotopic (exact) mass is 646 g/mol. The number of halogens is 3. The van der Waals surface area contributed by atoms with Gasteiger partial charge in [0.25, 0.3) is 5.09 Å². The van der Waals surface area contributed by atoms with Gasteiger partial charge in [-0.1, -0.05) is 30.4 Å². The van der Waals surface area contributed by atoms with Gasteiger partial charge in [0.15, 0.2) is 0 Å². The van der Waals surface area contributed by atoms with Crippen molar-refractivity contribution in [2.24, 2.45) is 11.8 Å². The summed E-state index contributed by atoms with van der Waals surface area (Å²) in [7, 11) is 0. The second-order valence-electron chi connectivity index (χ2n) is 10.7. The predicted molar refractivity (Wildman–Crippen MR) is 154 cm³/mol. The molecule has 1 amide bonds. The first-order valence-electron chi connectivity index (χ1n) is 14.7. The molecule has 1 unspecified atom stereocenters. The van der Waals surface area contributed by atoms with Crippen LogP contribution in [0.25, 0.3) is 0 Å². The van der Waals surface area contributed by atoms with Crippen molar-refractivity contribution >= 4 is 11.9 Å². The van der Waals surface area contributed by atoms with Gasteiger partial charge in [-0.15, -0.1) is 10.1 Å². The average molecular weight is 647 g/mol. The van der Waals surface area contributed by atoms with Crippen LogP contribution in [-0.4, -0.2) is 76.5 Å². The Labute approximate surface area is 259 Å². The first-order valence-corrected chi connectivity index (χ1v) is 14.7. The fourth-order valence-corrected chi connectivity index (χ4v) is 4.73. The van der Waals surface area contributed by atoms with Crippen LogP contribution in [0.2, 0.25) is 0 Å². The molecular weight excluding hydrogens is 605 g/mol. The summed E-state index contributed by atoms with van der Waals surface area (Å²) in [6, 6.07) is 3.46. The second kappa shape index (κ2) is 19.0. The fourth-order valence-electron chi connectivity index (χ4n) is 4.73. The van der Waals surface area contributed by atoms with Crippen LogP contribution >= 0.6 is 0 Å². The molecule has 0 heterocycles. The zero-order valence-corrected chi connectivity index (χ0v) is 24.9. The van der Waals surface area contributed by atoms with Gasteiger partial charge < -0.3 is 34.9 Å². The number of alkyl halides is 3. The molecular formula is C30H41F3N2O10. The minimum Gasteiger partial charge on any atom is -0.491 e. The van der Waals surface area contributed by atoms with E-state index in [1.54, 1.807) is 6.08 Å². The Bertz CT molecular complexity index is 1150. The number of hydrogen-bond donors (Lipinski definition) is 4. The van der Waals surface area contributed by atoms with Crippen LogP contribution in [-0.2, 0) is 25.3 Å². The third kappa shape index (κ3) is 14.3. The van der Waals surface area contributed by atoms with Crippen molar-refractivity contribution in [3.05, 3.63) is 64.2 Å². The van der Waals surface area contributed by atoms with Gasteiger partial charge in [0.05, 0.1) is 31.0 Å². The lowest BCUT2D eigenvalue weighted by Gasteiger charge is -2.19. The number of nitrogens with zero attached hydrogens (tertiary/aromatic N) is 1. The molecule has 1 aromatic rings. The summed E-state index contributed by atoms with van der Waals surface area (Å²) in [5.74, 6) is -1.79. The molecule has 4 N–H and O–H groups in total. The van der Waals surface area contributed by atoms with Crippen molar-refractivity contribution in [1.82, 2.24) is 5.32 Å². The van der Waals surface area contributed by atoms with Gasteiger partial charge >= 0.3 is 12.1 Å². The molecule has 45 heavy (non-hydrogen) atoms. The van der Waals surface area contributed by atoms with Gasteiger partial charge in [0, 0.05) is 18.8 Å². The smallest absolute Gasteiger partial charge is 0.416 e. The second-order valence-corrected chi connectivity index (χ2v) is 10.7. The molecule has 12 nitrogen and oxygen atoms in total. The zero-order chi connectivity index (χ0) is 33.4. The SMILES string of the molecule is CC(NC(=O)CCC/C=C\C[C@@H]1[C@@H](/C=C/[C@@H](O)COc2cccc(C(F)(F)F)c2)[C@H](O)C[C@@H]1O)C(=O)OCCCCO[N+](=O)[O-]. The number of aliphatic hydroxyl groups is 3. The topological polar surface area (TPSA) is 178 Å². The molecule has 1 aromatic carbocycles. The first kappa shape index (κ1) is 37.5. The highest BCUT2D eigenvalue weighted by Crippen LogP contribution is 2.36. The maximum absolute atomic E-state index is 12.9. The van der Waals surface area contributed by atoms with E-state index < -0.39 is 53.1 Å². The molecule has 0 aliphatic heterocycles. The lowest BCUT2D eigenvalue weighted by Crippen LogP contribution is -2.39. The number of esters is 1. The molecule has 1 aliphatic carbocycles. The molecule has 1 fully saturated rings. The van der Waals surface area contributed by atoms with Gasteiger partial charge in [0.1, 0.15) is 24.5 Å². The minimum atomic E-state index is -4.52. The molecule has 1 aliphatic rings. The minimum absolute atomic E-state index is 0.0431. The number of carbonyl (C=O) groups is 2. The molecule has 15 heteroatoms. The average Bonchev–Trinajstić information content (AvgIpc) is 3.24. The first-order chi connectivity index (χ1) is 21.3. The molecule has 1 saturated carbocycles. The Morgan fingerprint density at radius 2 is 1.89 bits per heavy atom. The third-order valence-electron chi connectivity index (χ3n) is 7.11. The van der Waals surface area contributed by atoms with Crippen LogP contribution in [0.5, 0.6) is 5.75 Å². The fraction of sp³-hybridized carbons (Fsp3) is 0.600. The number of amides is 1. The van der Waals surface area contributed by atoms with Gasteiger partial charge in [-0.2, -0.15) is 13.2 Å². The van der Waals surface area contributed by atoms with E-state index in [1.165, 1.54) is 25.1 Å². The highest BCUT2D eigenvalue weighted by Gasteiger charge is 2.39. The van der Waals surface area contributed by atoms with E-state index in [9.17, 15) is 48.2 Å². The van der Waals surface area contributed by atoms with E-state index in [4.69, 9.17) is 9.47 Å². The number of nitrogens with one attached hydrogen (secondary N) is 1. The molecule has 0 bridgehead atoms. The van der Waals surface area contributed by atoms with Crippen LogP contribution in [0, 0.1) is 22.0 Å². The Morgan fingerprint density at radius 1 is 1.16 bits per heavy atom. The maximum Gasteiger partial charge on any atom is 0.416 e. The van der Waals surface area contributed by atoms with Gasteiger partial charge in [-0.05, 0) is 63.1 Å². The Morgan fingerprint density at radius 3 is 2.60 bits per heavy atom. The van der Waals surface area contributed by atoms with Crippen LogP contribution in [0.4, 0.5) is 13.2 Å². The van der Waals surface area contributed by atoms with Crippen molar-refractivity contribution < 1.29 is 57.5 Å². The van der Waals surface area contributed by atoms with Crippen LogP contribution < -0.4 is 10.1 Å². The summed E-state index contributed by atoms with van der Waals surface area (Å²) in [4.78, 5) is 38.3. The number of ether oxygens (including phenoxy) is 2. The lowest BCUT2D eigenvalue weighted by molar-refractivity contribution is -0.757. The van der Waals surface area contributed by atoms with Gasteiger partial charge in [-0.25, -0.2) is 4.79 Å². The van der Waals surface area contributed by atoms with E-state index >= 15 is 0 Å². The molecule has 0 spiro atoms. The number of carbonyl (C=O) groups excluding carboxylic acids is 2. The number of hydrogen-bond acceptors (Lipinski definition) is 10. The van der Waals surface area contributed by atoms with Crippen molar-refractivity contribution in [1.29, 1.82) is 0 Å². The molecule has 0 aromatic heterocycles. The number of benzene rings is 1. The van der Waals surface area contributed by atoms with Crippen LogP contribution in [0.15, 0.2) is 48.6 Å².